The number of alkyl halides is 1. The van der Waals surface area contributed by atoms with E-state index >= 15 is 0 Å². The van der Waals surface area contributed by atoms with Crippen LogP contribution in [-0.2, 0) is 6.54 Å². The smallest absolute Gasteiger partial charge is 0.0286 e. The normalized spacial score (nSPS) is 11.8. The Bertz CT molecular complexity index is 345. The lowest BCUT2D eigenvalue weighted by molar-refractivity contribution is 0.385. The van der Waals surface area contributed by atoms with Crippen molar-refractivity contribution >= 4 is 11.6 Å². The molecule has 16 heavy (non-hydrogen) atoms. The summed E-state index contributed by atoms with van der Waals surface area (Å²) in [5.41, 5.74) is 4.22. The Morgan fingerprint density at radius 2 is 1.88 bits per heavy atom. The second kappa shape index (κ2) is 5.70. The zero-order valence-electron chi connectivity index (χ0n) is 10.7. The number of hydrogen-bond acceptors (Lipinski definition) is 1. The van der Waals surface area contributed by atoms with Gasteiger partial charge in [0.05, 0.1) is 0 Å². The third-order valence-corrected chi connectivity index (χ3v) is 3.59. The summed E-state index contributed by atoms with van der Waals surface area (Å²) in [4.78, 5) is 0. The number of halogens is 1. The van der Waals surface area contributed by atoms with Gasteiger partial charge in [0.25, 0.3) is 0 Å². The first-order chi connectivity index (χ1) is 7.44. The Morgan fingerprint density at radius 3 is 2.44 bits per heavy atom. The molecule has 0 saturated heterocycles. The van der Waals surface area contributed by atoms with E-state index in [-0.39, 0.29) is 5.41 Å². The Balaban J connectivity index is 2.46. The van der Waals surface area contributed by atoms with E-state index in [9.17, 15) is 0 Å². The van der Waals surface area contributed by atoms with Gasteiger partial charge in [0, 0.05) is 19.0 Å². The van der Waals surface area contributed by atoms with Gasteiger partial charge in [-0.1, -0.05) is 32.0 Å². The first kappa shape index (κ1) is 13.5. The van der Waals surface area contributed by atoms with Crippen LogP contribution in [0.5, 0.6) is 0 Å². The van der Waals surface area contributed by atoms with Crippen LogP contribution in [0.1, 0.15) is 30.5 Å². The Labute approximate surface area is 104 Å². The number of nitrogens with one attached hydrogen (secondary N) is 1. The lowest BCUT2D eigenvalue weighted by Crippen LogP contribution is -2.30. The van der Waals surface area contributed by atoms with Crippen LogP contribution < -0.4 is 5.32 Å². The van der Waals surface area contributed by atoms with Crippen molar-refractivity contribution < 1.29 is 0 Å². The maximum Gasteiger partial charge on any atom is 0.0286 e. The molecule has 1 aromatic carbocycles. The number of hydrogen-bond donors (Lipinski definition) is 1. The molecule has 0 amide bonds. The molecule has 0 saturated carbocycles. The second-order valence-electron chi connectivity index (χ2n) is 5.32. The predicted octanol–water partition coefficient (Wildman–Crippen LogP) is 3.66. The highest BCUT2D eigenvalue weighted by Gasteiger charge is 2.15. The predicted molar refractivity (Wildman–Crippen MR) is 72.1 cm³/mol. The number of aryl methyl sites for hydroxylation is 2. The van der Waals surface area contributed by atoms with E-state index in [0.29, 0.717) is 5.88 Å². The van der Waals surface area contributed by atoms with E-state index < -0.39 is 0 Å². The minimum Gasteiger partial charge on any atom is -0.312 e. The summed E-state index contributed by atoms with van der Waals surface area (Å²) < 4.78 is 0. The molecule has 1 nitrogen and oxygen atoms in total. The lowest BCUT2D eigenvalue weighted by Gasteiger charge is -2.21. The molecule has 0 fully saturated rings. The molecule has 0 aromatic heterocycles. The lowest BCUT2D eigenvalue weighted by atomic mass is 9.96. The zero-order chi connectivity index (χ0) is 12.2. The van der Waals surface area contributed by atoms with Crippen molar-refractivity contribution in [3.63, 3.8) is 0 Å². The molecule has 0 aliphatic heterocycles. The third kappa shape index (κ3) is 4.15. The van der Waals surface area contributed by atoms with E-state index in [4.69, 9.17) is 11.6 Å². The van der Waals surface area contributed by atoms with Crippen LogP contribution in [0.3, 0.4) is 0 Å². The first-order valence-electron chi connectivity index (χ1n) is 5.77. The molecule has 2 heteroatoms. The van der Waals surface area contributed by atoms with E-state index in [1.807, 2.05) is 0 Å². The SMILES string of the molecule is Cc1ccc(CNCC(C)(C)CCl)cc1C. The largest absolute Gasteiger partial charge is 0.312 e. The highest BCUT2D eigenvalue weighted by molar-refractivity contribution is 6.18. The van der Waals surface area contributed by atoms with Gasteiger partial charge in [-0.3, -0.25) is 0 Å². The molecule has 0 spiro atoms. The molecule has 1 rings (SSSR count). The molecule has 90 valence electrons. The molecule has 1 aromatic rings. The molecule has 0 heterocycles. The Kier molecular flexibility index (Phi) is 4.82. The summed E-state index contributed by atoms with van der Waals surface area (Å²) in [5.74, 6) is 0.687. The fourth-order valence-corrected chi connectivity index (χ4v) is 1.60. The number of rotatable bonds is 5. The van der Waals surface area contributed by atoms with Gasteiger partial charge in [0.15, 0.2) is 0 Å². The molecular weight excluding hydrogens is 218 g/mol. The zero-order valence-corrected chi connectivity index (χ0v) is 11.5. The van der Waals surface area contributed by atoms with Gasteiger partial charge in [0.2, 0.25) is 0 Å². The van der Waals surface area contributed by atoms with E-state index in [0.717, 1.165) is 13.1 Å². The quantitative estimate of drug-likeness (QED) is 0.774. The van der Waals surface area contributed by atoms with Crippen molar-refractivity contribution in [1.82, 2.24) is 5.32 Å². The molecule has 0 unspecified atom stereocenters. The minimum absolute atomic E-state index is 0.168. The third-order valence-electron chi connectivity index (χ3n) is 2.87. The fourth-order valence-electron chi connectivity index (χ4n) is 1.51. The number of benzene rings is 1. The fraction of sp³-hybridized carbons (Fsp3) is 0.571. The summed E-state index contributed by atoms with van der Waals surface area (Å²) in [6.07, 6.45) is 0. The van der Waals surface area contributed by atoms with Gasteiger partial charge in [-0.2, -0.15) is 0 Å². The van der Waals surface area contributed by atoms with Gasteiger partial charge in [-0.15, -0.1) is 11.6 Å². The Hall–Kier alpha value is -0.530. The van der Waals surface area contributed by atoms with Crippen LogP contribution in [0, 0.1) is 19.3 Å². The molecule has 0 bridgehead atoms. The highest BCUT2D eigenvalue weighted by Crippen LogP contribution is 2.15. The van der Waals surface area contributed by atoms with Crippen LogP contribution in [-0.4, -0.2) is 12.4 Å². The van der Waals surface area contributed by atoms with E-state index in [1.165, 1.54) is 16.7 Å². The highest BCUT2D eigenvalue weighted by atomic mass is 35.5. The van der Waals surface area contributed by atoms with E-state index in [2.05, 4.69) is 51.2 Å². The summed E-state index contributed by atoms with van der Waals surface area (Å²) >= 11 is 5.88. The monoisotopic (exact) mass is 239 g/mol. The minimum atomic E-state index is 0.168. The maximum absolute atomic E-state index is 5.88. The van der Waals surface area contributed by atoms with Gasteiger partial charge in [-0.05, 0) is 36.0 Å². The summed E-state index contributed by atoms with van der Waals surface area (Å²) in [5, 5.41) is 3.46. The average molecular weight is 240 g/mol. The van der Waals surface area contributed by atoms with Crippen LogP contribution in [0.15, 0.2) is 18.2 Å². The first-order valence-corrected chi connectivity index (χ1v) is 6.31. The van der Waals surface area contributed by atoms with Crippen LogP contribution in [0.2, 0.25) is 0 Å². The molecule has 0 aliphatic carbocycles. The summed E-state index contributed by atoms with van der Waals surface area (Å²) in [7, 11) is 0. The van der Waals surface area contributed by atoms with Gasteiger partial charge in [-0.25, -0.2) is 0 Å². The van der Waals surface area contributed by atoms with Crippen molar-refractivity contribution in [2.45, 2.75) is 34.2 Å². The van der Waals surface area contributed by atoms with Crippen molar-refractivity contribution in [2.24, 2.45) is 5.41 Å². The molecular formula is C14H22ClN. The molecule has 1 N–H and O–H groups in total. The average Bonchev–Trinajstić information content (AvgIpc) is 2.23. The van der Waals surface area contributed by atoms with E-state index in [1.54, 1.807) is 0 Å². The van der Waals surface area contributed by atoms with Gasteiger partial charge >= 0.3 is 0 Å². The second-order valence-corrected chi connectivity index (χ2v) is 5.59. The summed E-state index contributed by atoms with van der Waals surface area (Å²) in [6.45, 7) is 10.5. The Morgan fingerprint density at radius 1 is 1.19 bits per heavy atom. The standard InChI is InChI=1S/C14H22ClN/c1-11-5-6-13(7-12(11)2)8-16-10-14(3,4)9-15/h5-7,16H,8-10H2,1-4H3. The van der Waals surface area contributed by atoms with Gasteiger partial charge < -0.3 is 5.32 Å². The van der Waals surface area contributed by atoms with Crippen molar-refractivity contribution in [3.8, 4) is 0 Å². The molecule has 0 atom stereocenters. The topological polar surface area (TPSA) is 12.0 Å². The van der Waals surface area contributed by atoms with Crippen molar-refractivity contribution in [2.75, 3.05) is 12.4 Å². The van der Waals surface area contributed by atoms with Gasteiger partial charge in [0.1, 0.15) is 0 Å². The van der Waals surface area contributed by atoms with Crippen LogP contribution >= 0.6 is 11.6 Å². The van der Waals surface area contributed by atoms with Crippen molar-refractivity contribution in [3.05, 3.63) is 34.9 Å². The molecule has 0 aliphatic rings. The summed E-state index contributed by atoms with van der Waals surface area (Å²) in [6, 6.07) is 6.61. The van der Waals surface area contributed by atoms with Crippen LogP contribution in [0.4, 0.5) is 0 Å². The maximum atomic E-state index is 5.88. The van der Waals surface area contributed by atoms with Crippen molar-refractivity contribution in [1.29, 1.82) is 0 Å². The molecule has 0 radical (unpaired) electrons. The van der Waals surface area contributed by atoms with Crippen LogP contribution in [0.25, 0.3) is 0 Å².